The maximum atomic E-state index is 13.4. The predicted octanol–water partition coefficient (Wildman–Crippen LogP) is 1.14. The van der Waals surface area contributed by atoms with Crippen molar-refractivity contribution in [2.45, 2.75) is 77.5 Å². The Morgan fingerprint density at radius 3 is 2.08 bits per heavy atom. The number of hydrogen-bond donors (Lipinski definition) is 7. The number of carboxylic acid groups (broad SMARTS) is 2. The zero-order valence-electron chi connectivity index (χ0n) is 22.7. The fourth-order valence-electron chi connectivity index (χ4n) is 4.13. The lowest BCUT2D eigenvalue weighted by atomic mass is 9.97. The second-order valence-corrected chi connectivity index (χ2v) is 10.2. The van der Waals surface area contributed by atoms with E-state index in [0.717, 1.165) is 10.9 Å². The van der Waals surface area contributed by atoms with E-state index in [2.05, 4.69) is 20.9 Å². The highest BCUT2D eigenvalue weighted by molar-refractivity contribution is 5.95. The third-order valence-electron chi connectivity index (χ3n) is 6.63. The van der Waals surface area contributed by atoms with Crippen molar-refractivity contribution >= 4 is 40.6 Å². The van der Waals surface area contributed by atoms with Gasteiger partial charge in [-0.25, -0.2) is 4.79 Å². The average Bonchev–Trinajstić information content (AvgIpc) is 3.28. The van der Waals surface area contributed by atoms with Gasteiger partial charge in [0.2, 0.25) is 17.7 Å². The molecular formula is C27H39N5O7. The summed E-state index contributed by atoms with van der Waals surface area (Å²) in [6.07, 6.45) is 1.76. The molecule has 0 bridgehead atoms. The monoisotopic (exact) mass is 545 g/mol. The minimum atomic E-state index is -1.70. The molecule has 2 aromatic rings. The van der Waals surface area contributed by atoms with E-state index in [4.69, 9.17) is 10.8 Å². The van der Waals surface area contributed by atoms with Gasteiger partial charge in [0.15, 0.2) is 0 Å². The van der Waals surface area contributed by atoms with Crippen molar-refractivity contribution < 1.29 is 34.2 Å². The van der Waals surface area contributed by atoms with Crippen LogP contribution in [0.15, 0.2) is 30.5 Å². The molecule has 39 heavy (non-hydrogen) atoms. The number of benzene rings is 1. The second kappa shape index (κ2) is 14.3. The molecular weight excluding hydrogens is 506 g/mol. The van der Waals surface area contributed by atoms with Gasteiger partial charge in [0.05, 0.1) is 12.5 Å². The van der Waals surface area contributed by atoms with E-state index in [9.17, 15) is 29.1 Å². The fourth-order valence-corrected chi connectivity index (χ4v) is 4.13. The van der Waals surface area contributed by atoms with E-state index in [-0.39, 0.29) is 24.7 Å². The molecule has 0 radical (unpaired) electrons. The second-order valence-electron chi connectivity index (χ2n) is 10.2. The Morgan fingerprint density at radius 1 is 0.897 bits per heavy atom. The van der Waals surface area contributed by atoms with Crippen LogP contribution in [-0.2, 0) is 30.4 Å². The summed E-state index contributed by atoms with van der Waals surface area (Å²) in [6, 6.07) is 2.54. The molecule has 12 heteroatoms. The largest absolute Gasteiger partial charge is 0.481 e. The number of carboxylic acids is 2. The van der Waals surface area contributed by atoms with Crippen LogP contribution in [0.5, 0.6) is 0 Å². The molecule has 3 amide bonds. The number of aliphatic carboxylic acids is 2. The van der Waals surface area contributed by atoms with E-state index < -0.39 is 60.2 Å². The lowest BCUT2D eigenvalue weighted by molar-refractivity contribution is -0.147. The van der Waals surface area contributed by atoms with E-state index in [1.54, 1.807) is 6.20 Å². The number of H-pyrrole nitrogens is 1. The number of fused-ring (bicyclic) bond motifs is 1. The number of para-hydroxylation sites is 1. The molecule has 5 unspecified atom stereocenters. The molecule has 1 heterocycles. The summed E-state index contributed by atoms with van der Waals surface area (Å²) in [5.41, 5.74) is 7.53. The summed E-state index contributed by atoms with van der Waals surface area (Å²) in [4.78, 5) is 65.2. The van der Waals surface area contributed by atoms with Crippen LogP contribution in [0, 0.1) is 11.8 Å². The predicted molar refractivity (Wildman–Crippen MR) is 145 cm³/mol. The van der Waals surface area contributed by atoms with E-state index in [1.807, 2.05) is 52.0 Å². The normalized spacial score (nSPS) is 15.1. The summed E-state index contributed by atoms with van der Waals surface area (Å²) in [5.74, 6) is -5.03. The molecule has 12 nitrogen and oxygen atoms in total. The van der Waals surface area contributed by atoms with E-state index >= 15 is 0 Å². The Hall–Kier alpha value is -3.93. The number of nitrogens with two attached hydrogens (primary N) is 1. The van der Waals surface area contributed by atoms with Crippen molar-refractivity contribution in [2.75, 3.05) is 0 Å². The van der Waals surface area contributed by atoms with Gasteiger partial charge in [-0.3, -0.25) is 19.2 Å². The SMILES string of the molecule is CCC(C)C(N)C(=O)NC(CC(C)C)C(=O)NC(Cc1c[nH]c2ccccc12)C(=O)NC(CC(=O)O)C(=O)O. The Bertz CT molecular complexity index is 1180. The molecule has 0 fully saturated rings. The topological polar surface area (TPSA) is 204 Å². The molecule has 214 valence electrons. The lowest BCUT2D eigenvalue weighted by Crippen LogP contribution is -2.58. The minimum absolute atomic E-state index is 0.00808. The number of aromatic amines is 1. The molecule has 0 aliphatic carbocycles. The number of amides is 3. The molecule has 0 spiro atoms. The number of carbonyl (C=O) groups is 5. The van der Waals surface area contributed by atoms with Crippen LogP contribution in [0.3, 0.4) is 0 Å². The number of nitrogens with one attached hydrogen (secondary N) is 4. The Balaban J connectivity index is 2.34. The number of carbonyl (C=O) groups excluding carboxylic acids is 3. The molecule has 0 saturated carbocycles. The minimum Gasteiger partial charge on any atom is -0.481 e. The van der Waals surface area contributed by atoms with Gasteiger partial charge in [-0.05, 0) is 29.9 Å². The molecule has 8 N–H and O–H groups in total. The summed E-state index contributed by atoms with van der Waals surface area (Å²) in [7, 11) is 0. The third kappa shape index (κ3) is 9.10. The maximum absolute atomic E-state index is 13.4. The highest BCUT2D eigenvalue weighted by atomic mass is 16.4. The Kier molecular flexibility index (Phi) is 11.5. The van der Waals surface area contributed by atoms with Crippen LogP contribution in [-0.4, -0.2) is 69.0 Å². The molecule has 1 aromatic carbocycles. The van der Waals surface area contributed by atoms with Crippen LogP contribution >= 0.6 is 0 Å². The van der Waals surface area contributed by atoms with Crippen LogP contribution in [0.4, 0.5) is 0 Å². The first-order valence-corrected chi connectivity index (χ1v) is 13.0. The van der Waals surface area contributed by atoms with Crippen molar-refractivity contribution in [3.05, 3.63) is 36.0 Å². The molecule has 0 aliphatic heterocycles. The van der Waals surface area contributed by atoms with Crippen molar-refractivity contribution in [1.29, 1.82) is 0 Å². The van der Waals surface area contributed by atoms with Crippen LogP contribution in [0.25, 0.3) is 10.9 Å². The highest BCUT2D eigenvalue weighted by Crippen LogP contribution is 2.19. The number of hydrogen-bond acceptors (Lipinski definition) is 6. The Labute approximate surface area is 227 Å². The van der Waals surface area contributed by atoms with Gasteiger partial charge in [-0.15, -0.1) is 0 Å². The first kappa shape index (κ1) is 31.3. The Morgan fingerprint density at radius 2 is 1.49 bits per heavy atom. The first-order valence-electron chi connectivity index (χ1n) is 13.0. The van der Waals surface area contributed by atoms with Gasteiger partial charge in [0.25, 0.3) is 0 Å². The standard InChI is InChI=1S/C27H39N5O7/c1-5-15(4)23(28)26(37)31-19(10-14(2)3)24(35)30-20(25(36)32-21(27(38)39)12-22(33)34)11-16-13-29-18-9-7-6-8-17(16)18/h6-9,13-15,19-21,23,29H,5,10-12,28H2,1-4H3,(H,30,35)(H,31,37)(H,32,36)(H,33,34)(H,38,39). The number of rotatable bonds is 15. The molecule has 1 aromatic heterocycles. The van der Waals surface area contributed by atoms with Gasteiger partial charge in [0, 0.05) is 23.5 Å². The fraction of sp³-hybridized carbons (Fsp3) is 0.519. The molecule has 0 saturated heterocycles. The van der Waals surface area contributed by atoms with Crippen LogP contribution in [0.1, 0.15) is 52.5 Å². The quantitative estimate of drug-likeness (QED) is 0.172. The summed E-state index contributed by atoms with van der Waals surface area (Å²) in [6.45, 7) is 7.49. The van der Waals surface area contributed by atoms with Gasteiger partial charge in [-0.2, -0.15) is 0 Å². The zero-order valence-corrected chi connectivity index (χ0v) is 22.7. The maximum Gasteiger partial charge on any atom is 0.326 e. The third-order valence-corrected chi connectivity index (χ3v) is 6.63. The summed E-state index contributed by atoms with van der Waals surface area (Å²) < 4.78 is 0. The molecule has 0 aliphatic rings. The van der Waals surface area contributed by atoms with E-state index in [0.29, 0.717) is 12.0 Å². The average molecular weight is 546 g/mol. The van der Waals surface area contributed by atoms with Gasteiger partial charge < -0.3 is 36.9 Å². The summed E-state index contributed by atoms with van der Waals surface area (Å²) >= 11 is 0. The lowest BCUT2D eigenvalue weighted by Gasteiger charge is -2.27. The highest BCUT2D eigenvalue weighted by Gasteiger charge is 2.32. The van der Waals surface area contributed by atoms with Crippen molar-refractivity contribution in [1.82, 2.24) is 20.9 Å². The van der Waals surface area contributed by atoms with Gasteiger partial charge >= 0.3 is 11.9 Å². The molecule has 5 atom stereocenters. The van der Waals surface area contributed by atoms with Crippen LogP contribution in [0.2, 0.25) is 0 Å². The van der Waals surface area contributed by atoms with Crippen LogP contribution < -0.4 is 21.7 Å². The van der Waals surface area contributed by atoms with Crippen molar-refractivity contribution in [3.8, 4) is 0 Å². The van der Waals surface area contributed by atoms with Crippen molar-refractivity contribution in [2.24, 2.45) is 17.6 Å². The first-order chi connectivity index (χ1) is 18.3. The summed E-state index contributed by atoms with van der Waals surface area (Å²) in [5, 5.41) is 26.8. The molecule has 2 rings (SSSR count). The zero-order chi connectivity index (χ0) is 29.3. The number of aromatic nitrogens is 1. The van der Waals surface area contributed by atoms with Crippen molar-refractivity contribution in [3.63, 3.8) is 0 Å². The van der Waals surface area contributed by atoms with Gasteiger partial charge in [-0.1, -0.05) is 52.3 Å². The van der Waals surface area contributed by atoms with E-state index in [1.165, 1.54) is 0 Å². The smallest absolute Gasteiger partial charge is 0.326 e. The van der Waals surface area contributed by atoms with Gasteiger partial charge in [0.1, 0.15) is 18.1 Å².